The fourth-order valence-corrected chi connectivity index (χ4v) is 0.310. The molecule has 0 aliphatic rings. The fourth-order valence-electron chi connectivity index (χ4n) is 0.177. The number of aliphatic hydroxyl groups excluding tert-OH is 1. The first-order valence-electron chi connectivity index (χ1n) is 2.05. The molecule has 3 N–H and O–H groups in total. The van der Waals surface area contributed by atoms with Crippen LogP contribution in [0.1, 0.15) is 0 Å². The predicted octanol–water partition coefficient (Wildman–Crippen LogP) is 0.770. The molecule has 0 fully saturated rings. The minimum absolute atomic E-state index is 1.21. The number of hydrogen-bond donors (Lipinski definition) is 2. The SMILES string of the molecule is NC(=O)OC(O)C(Cl)(Cl)Cl. The van der Waals surface area contributed by atoms with Crippen LogP contribution in [0.15, 0.2) is 0 Å². The van der Waals surface area contributed by atoms with Crippen LogP contribution < -0.4 is 5.73 Å². The number of alkyl halides is 3. The van der Waals surface area contributed by atoms with E-state index in [0.717, 1.165) is 0 Å². The molecule has 60 valence electrons. The van der Waals surface area contributed by atoms with Crippen LogP contribution in [0, 0.1) is 0 Å². The number of halogens is 3. The lowest BCUT2D eigenvalue weighted by atomic mass is 10.7. The van der Waals surface area contributed by atoms with E-state index >= 15 is 0 Å². The Kier molecular flexibility index (Phi) is 3.51. The minimum Gasteiger partial charge on any atom is -0.415 e. The van der Waals surface area contributed by atoms with E-state index in [-0.39, 0.29) is 0 Å². The topological polar surface area (TPSA) is 72.6 Å². The zero-order chi connectivity index (χ0) is 8.36. The maximum absolute atomic E-state index is 9.92. The van der Waals surface area contributed by atoms with E-state index in [9.17, 15) is 4.79 Å². The second-order valence-corrected chi connectivity index (χ2v) is 3.70. The summed E-state index contributed by atoms with van der Waals surface area (Å²) in [5, 5.41) is 8.64. The lowest BCUT2D eigenvalue weighted by molar-refractivity contribution is -0.0446. The Balaban J connectivity index is 3.85. The molecule has 1 amide bonds. The van der Waals surface area contributed by atoms with Crippen LogP contribution in [0.25, 0.3) is 0 Å². The third-order valence-corrected chi connectivity index (χ3v) is 1.07. The first-order chi connectivity index (χ1) is 4.34. The smallest absolute Gasteiger partial charge is 0.406 e. The van der Waals surface area contributed by atoms with Gasteiger partial charge in [0.05, 0.1) is 0 Å². The van der Waals surface area contributed by atoms with Crippen LogP contribution in [0.4, 0.5) is 4.79 Å². The maximum atomic E-state index is 9.92. The molecule has 0 aromatic rings. The highest BCUT2D eigenvalue weighted by molar-refractivity contribution is 6.67. The molecule has 0 aliphatic carbocycles. The molecule has 7 heteroatoms. The molecule has 0 saturated carbocycles. The van der Waals surface area contributed by atoms with Crippen molar-refractivity contribution >= 4 is 40.9 Å². The van der Waals surface area contributed by atoms with Gasteiger partial charge in [-0.2, -0.15) is 0 Å². The number of ether oxygens (including phenoxy) is 1. The van der Waals surface area contributed by atoms with Gasteiger partial charge in [0.1, 0.15) is 0 Å². The van der Waals surface area contributed by atoms with Gasteiger partial charge in [0.2, 0.25) is 6.29 Å². The van der Waals surface area contributed by atoms with Crippen LogP contribution in [-0.4, -0.2) is 21.3 Å². The van der Waals surface area contributed by atoms with Gasteiger partial charge >= 0.3 is 6.09 Å². The van der Waals surface area contributed by atoms with Crippen molar-refractivity contribution in [2.45, 2.75) is 10.1 Å². The summed E-state index contributed by atoms with van der Waals surface area (Å²) >= 11 is 15.2. The van der Waals surface area contributed by atoms with E-state index in [1.165, 1.54) is 0 Å². The molecular weight excluding hydrogens is 204 g/mol. The molecule has 0 saturated heterocycles. The first-order valence-corrected chi connectivity index (χ1v) is 3.18. The summed E-state index contributed by atoms with van der Waals surface area (Å²) in [5.74, 6) is 0. The Morgan fingerprint density at radius 1 is 1.60 bits per heavy atom. The van der Waals surface area contributed by atoms with Crippen molar-refractivity contribution in [3.05, 3.63) is 0 Å². The van der Waals surface area contributed by atoms with Gasteiger partial charge in [0.15, 0.2) is 0 Å². The van der Waals surface area contributed by atoms with E-state index in [1.54, 1.807) is 0 Å². The highest BCUT2D eigenvalue weighted by Gasteiger charge is 2.33. The predicted molar refractivity (Wildman–Crippen MR) is 37.0 cm³/mol. The summed E-state index contributed by atoms with van der Waals surface area (Å²) < 4.78 is 1.85. The third kappa shape index (κ3) is 4.00. The van der Waals surface area contributed by atoms with Gasteiger partial charge in [0.25, 0.3) is 3.79 Å². The van der Waals surface area contributed by atoms with Crippen molar-refractivity contribution in [2.75, 3.05) is 0 Å². The number of rotatable bonds is 1. The van der Waals surface area contributed by atoms with Gasteiger partial charge in [0, 0.05) is 0 Å². The Hall–Kier alpha value is 0.1000. The molecule has 4 nitrogen and oxygen atoms in total. The van der Waals surface area contributed by atoms with Gasteiger partial charge in [-0.1, -0.05) is 34.8 Å². The van der Waals surface area contributed by atoms with Crippen molar-refractivity contribution in [2.24, 2.45) is 5.73 Å². The molecule has 0 aromatic heterocycles. The Labute approximate surface area is 71.8 Å². The zero-order valence-electron chi connectivity index (χ0n) is 4.55. The number of carbonyl (C=O) groups is 1. The summed E-state index contributed by atoms with van der Waals surface area (Å²) in [4.78, 5) is 9.92. The van der Waals surface area contributed by atoms with E-state index in [2.05, 4.69) is 10.5 Å². The van der Waals surface area contributed by atoms with Crippen LogP contribution in [-0.2, 0) is 4.74 Å². The Morgan fingerprint density at radius 2 is 2.00 bits per heavy atom. The van der Waals surface area contributed by atoms with E-state index in [1.807, 2.05) is 0 Å². The van der Waals surface area contributed by atoms with Gasteiger partial charge < -0.3 is 15.6 Å². The number of amides is 1. The average molecular weight is 208 g/mol. The average Bonchev–Trinajstić information content (AvgIpc) is 1.60. The Bertz CT molecular complexity index is 133. The molecule has 10 heavy (non-hydrogen) atoms. The number of aliphatic hydroxyl groups is 1. The van der Waals surface area contributed by atoms with Gasteiger partial charge in [-0.05, 0) is 0 Å². The molecule has 0 aromatic carbocycles. The summed E-state index contributed by atoms with van der Waals surface area (Å²) in [6.45, 7) is 0. The monoisotopic (exact) mass is 207 g/mol. The van der Waals surface area contributed by atoms with Crippen molar-refractivity contribution < 1.29 is 14.6 Å². The standard InChI is InChI=1S/C3H4Cl3NO3/c4-3(5,6)1(8)10-2(7)9/h1,8H,(H2,7,9). The molecule has 0 heterocycles. The van der Waals surface area contributed by atoms with Crippen LogP contribution in [0.5, 0.6) is 0 Å². The summed E-state index contributed by atoms with van der Waals surface area (Å²) in [6.07, 6.45) is -3.05. The molecular formula is C3H4Cl3NO3. The molecule has 0 spiro atoms. The number of carbonyl (C=O) groups excluding carboxylic acids is 1. The molecule has 0 aliphatic heterocycles. The highest BCUT2D eigenvalue weighted by Crippen LogP contribution is 2.30. The highest BCUT2D eigenvalue weighted by atomic mass is 35.6. The van der Waals surface area contributed by atoms with Crippen LogP contribution in [0.2, 0.25) is 0 Å². The van der Waals surface area contributed by atoms with Crippen LogP contribution in [0.3, 0.4) is 0 Å². The van der Waals surface area contributed by atoms with Crippen molar-refractivity contribution in [3.63, 3.8) is 0 Å². The van der Waals surface area contributed by atoms with Crippen molar-refractivity contribution in [3.8, 4) is 0 Å². The van der Waals surface area contributed by atoms with Gasteiger partial charge in [-0.15, -0.1) is 0 Å². The first kappa shape index (κ1) is 10.1. The third-order valence-electron chi connectivity index (χ3n) is 0.508. The number of nitrogens with two attached hydrogens (primary N) is 1. The lowest BCUT2D eigenvalue weighted by Crippen LogP contribution is -2.32. The second kappa shape index (κ2) is 3.48. The largest absolute Gasteiger partial charge is 0.415 e. The normalized spacial score (nSPS) is 14.4. The Morgan fingerprint density at radius 3 is 2.10 bits per heavy atom. The van der Waals surface area contributed by atoms with Gasteiger partial charge in [-0.25, -0.2) is 4.79 Å². The lowest BCUT2D eigenvalue weighted by Gasteiger charge is -2.16. The summed E-state index contributed by atoms with van der Waals surface area (Å²) in [6, 6.07) is 0. The van der Waals surface area contributed by atoms with E-state index < -0.39 is 16.2 Å². The quantitative estimate of drug-likeness (QED) is 0.494. The molecule has 0 bridgehead atoms. The molecule has 0 rings (SSSR count). The second-order valence-electron chi connectivity index (χ2n) is 1.33. The summed E-state index contributed by atoms with van der Waals surface area (Å²) in [7, 11) is 0. The minimum atomic E-state index is -2.06. The van der Waals surface area contributed by atoms with E-state index in [0.29, 0.717) is 0 Å². The molecule has 0 radical (unpaired) electrons. The molecule has 1 atom stereocenters. The van der Waals surface area contributed by atoms with Gasteiger partial charge in [-0.3, -0.25) is 0 Å². The van der Waals surface area contributed by atoms with Crippen molar-refractivity contribution in [1.82, 2.24) is 0 Å². The van der Waals surface area contributed by atoms with Crippen LogP contribution >= 0.6 is 34.8 Å². The van der Waals surface area contributed by atoms with E-state index in [4.69, 9.17) is 39.9 Å². The molecule has 1 unspecified atom stereocenters. The maximum Gasteiger partial charge on any atom is 0.406 e. The fraction of sp³-hybridized carbons (Fsp3) is 0.667. The summed E-state index contributed by atoms with van der Waals surface area (Å²) in [5.41, 5.74) is 4.49. The number of primary amides is 1. The number of hydrogen-bond acceptors (Lipinski definition) is 3. The van der Waals surface area contributed by atoms with Crippen molar-refractivity contribution in [1.29, 1.82) is 0 Å². The zero-order valence-corrected chi connectivity index (χ0v) is 6.82.